The van der Waals surface area contributed by atoms with Crippen molar-refractivity contribution in [3.63, 3.8) is 0 Å². The minimum absolute atomic E-state index is 0.0616. The number of ketones is 1. The summed E-state index contributed by atoms with van der Waals surface area (Å²) >= 11 is 0. The topological polar surface area (TPSA) is 89.3 Å². The quantitative estimate of drug-likeness (QED) is 0.388. The first-order chi connectivity index (χ1) is 13.5. The normalized spacial score (nSPS) is 10.3. The molecule has 3 rings (SSSR count). The second kappa shape index (κ2) is 8.26. The van der Waals surface area contributed by atoms with E-state index in [0.717, 1.165) is 11.1 Å². The van der Waals surface area contributed by atoms with Gasteiger partial charge in [-0.2, -0.15) is 0 Å². The number of carbonyl (C=O) groups excluding carboxylic acids is 2. The molecule has 0 fully saturated rings. The predicted molar refractivity (Wildman–Crippen MR) is 107 cm³/mol. The summed E-state index contributed by atoms with van der Waals surface area (Å²) in [4.78, 5) is 35.9. The minimum Gasteiger partial charge on any atom is -0.321 e. The highest BCUT2D eigenvalue weighted by molar-refractivity contribution is 6.11. The predicted octanol–water partition coefficient (Wildman–Crippen LogP) is 4.58. The SMILES string of the molecule is Cc1cccc(CC(=O)c2ccccc2NC(=O)c2ccccc2[N+](=O)[O-])c1. The number of hydrogen-bond acceptors (Lipinski definition) is 4. The Morgan fingerprint density at radius 2 is 1.61 bits per heavy atom. The second-order valence-corrected chi connectivity index (χ2v) is 6.36. The molecule has 0 spiro atoms. The maximum Gasteiger partial charge on any atom is 0.282 e. The maximum absolute atomic E-state index is 12.8. The lowest BCUT2D eigenvalue weighted by Gasteiger charge is -2.11. The van der Waals surface area contributed by atoms with E-state index in [1.807, 2.05) is 31.2 Å². The van der Waals surface area contributed by atoms with Crippen LogP contribution in [0.2, 0.25) is 0 Å². The number of aryl methyl sites for hydroxylation is 1. The summed E-state index contributed by atoms with van der Waals surface area (Å²) in [6, 6.07) is 20.0. The lowest BCUT2D eigenvalue weighted by molar-refractivity contribution is -0.385. The van der Waals surface area contributed by atoms with Gasteiger partial charge in [-0.25, -0.2) is 0 Å². The molecule has 3 aromatic carbocycles. The highest BCUT2D eigenvalue weighted by atomic mass is 16.6. The van der Waals surface area contributed by atoms with Crippen LogP contribution < -0.4 is 5.32 Å². The Morgan fingerprint density at radius 3 is 2.32 bits per heavy atom. The number of rotatable bonds is 6. The molecule has 0 atom stereocenters. The van der Waals surface area contributed by atoms with Crippen molar-refractivity contribution in [2.75, 3.05) is 5.32 Å². The Labute approximate surface area is 162 Å². The van der Waals surface area contributed by atoms with Gasteiger partial charge in [-0.1, -0.05) is 54.1 Å². The molecular weight excluding hydrogens is 356 g/mol. The van der Waals surface area contributed by atoms with E-state index in [1.165, 1.54) is 18.2 Å². The number of benzene rings is 3. The zero-order chi connectivity index (χ0) is 20.1. The van der Waals surface area contributed by atoms with Gasteiger partial charge in [-0.3, -0.25) is 19.7 Å². The number of nitro groups is 1. The van der Waals surface area contributed by atoms with E-state index in [-0.39, 0.29) is 23.5 Å². The minimum atomic E-state index is -0.636. The molecule has 0 bridgehead atoms. The Hall–Kier alpha value is -3.80. The molecule has 1 N–H and O–H groups in total. The first-order valence-electron chi connectivity index (χ1n) is 8.68. The molecule has 0 heterocycles. The van der Waals surface area contributed by atoms with Crippen LogP contribution >= 0.6 is 0 Å². The number of nitrogens with one attached hydrogen (secondary N) is 1. The first kappa shape index (κ1) is 19.0. The highest BCUT2D eigenvalue weighted by Gasteiger charge is 2.21. The summed E-state index contributed by atoms with van der Waals surface area (Å²) in [5, 5.41) is 13.8. The van der Waals surface area contributed by atoms with Gasteiger partial charge in [0.25, 0.3) is 11.6 Å². The van der Waals surface area contributed by atoms with Gasteiger partial charge in [0, 0.05) is 18.1 Å². The van der Waals surface area contributed by atoms with Gasteiger partial charge in [0.05, 0.1) is 10.6 Å². The van der Waals surface area contributed by atoms with Gasteiger partial charge in [0.1, 0.15) is 5.56 Å². The number of anilines is 1. The van der Waals surface area contributed by atoms with Crippen molar-refractivity contribution < 1.29 is 14.5 Å². The van der Waals surface area contributed by atoms with Crippen molar-refractivity contribution >= 4 is 23.1 Å². The van der Waals surface area contributed by atoms with Crippen LogP contribution in [0.25, 0.3) is 0 Å². The fraction of sp³-hybridized carbons (Fsp3) is 0.0909. The van der Waals surface area contributed by atoms with Gasteiger partial charge in [-0.05, 0) is 30.7 Å². The molecule has 6 heteroatoms. The molecular formula is C22H18N2O4. The lowest BCUT2D eigenvalue weighted by atomic mass is 10.00. The van der Waals surface area contributed by atoms with Crippen LogP contribution in [0.15, 0.2) is 72.8 Å². The molecule has 6 nitrogen and oxygen atoms in total. The van der Waals surface area contributed by atoms with Crippen LogP contribution in [0.3, 0.4) is 0 Å². The van der Waals surface area contributed by atoms with E-state index in [4.69, 9.17) is 0 Å². The van der Waals surface area contributed by atoms with Gasteiger partial charge in [0.15, 0.2) is 5.78 Å². The van der Waals surface area contributed by atoms with Crippen LogP contribution in [0.5, 0.6) is 0 Å². The molecule has 1 amide bonds. The van der Waals surface area contributed by atoms with Crippen LogP contribution in [0.1, 0.15) is 31.8 Å². The average molecular weight is 374 g/mol. The van der Waals surface area contributed by atoms with Crippen LogP contribution in [0.4, 0.5) is 11.4 Å². The van der Waals surface area contributed by atoms with E-state index >= 15 is 0 Å². The second-order valence-electron chi connectivity index (χ2n) is 6.36. The van der Waals surface area contributed by atoms with E-state index in [2.05, 4.69) is 5.32 Å². The van der Waals surface area contributed by atoms with E-state index < -0.39 is 10.8 Å². The summed E-state index contributed by atoms with van der Waals surface area (Å²) in [6.45, 7) is 1.95. The fourth-order valence-electron chi connectivity index (χ4n) is 2.95. The molecule has 0 aliphatic heterocycles. The molecule has 3 aromatic rings. The van der Waals surface area contributed by atoms with E-state index in [9.17, 15) is 19.7 Å². The largest absolute Gasteiger partial charge is 0.321 e. The number of nitro benzene ring substituents is 1. The third kappa shape index (κ3) is 4.29. The first-order valence-corrected chi connectivity index (χ1v) is 8.68. The fourth-order valence-corrected chi connectivity index (χ4v) is 2.95. The van der Waals surface area contributed by atoms with Gasteiger partial charge in [0.2, 0.25) is 0 Å². The van der Waals surface area contributed by atoms with Gasteiger partial charge < -0.3 is 5.32 Å². The standard InChI is InChI=1S/C22H18N2O4/c1-15-7-6-8-16(13-15)14-21(25)17-9-2-4-11-19(17)23-22(26)18-10-3-5-12-20(18)24(27)28/h2-13H,14H2,1H3,(H,23,26). The number of carbonyl (C=O) groups is 2. The molecule has 0 aliphatic rings. The molecule has 0 saturated heterocycles. The molecule has 140 valence electrons. The number of amides is 1. The summed E-state index contributed by atoms with van der Waals surface area (Å²) in [6.07, 6.45) is 0.194. The maximum atomic E-state index is 12.8. The summed E-state index contributed by atoms with van der Waals surface area (Å²) in [7, 11) is 0. The van der Waals surface area contributed by atoms with Crippen molar-refractivity contribution in [3.8, 4) is 0 Å². The molecule has 28 heavy (non-hydrogen) atoms. The number of Topliss-reactive ketones (excluding diaryl/α,β-unsaturated/α-hetero) is 1. The molecule has 0 aliphatic carbocycles. The summed E-state index contributed by atoms with van der Waals surface area (Å²) in [5.41, 5.74) is 2.27. The van der Waals surface area contributed by atoms with Gasteiger partial charge >= 0.3 is 0 Å². The Morgan fingerprint density at radius 1 is 0.929 bits per heavy atom. The smallest absolute Gasteiger partial charge is 0.282 e. The van der Waals surface area contributed by atoms with Crippen molar-refractivity contribution in [1.29, 1.82) is 0 Å². The Bertz CT molecular complexity index is 1060. The van der Waals surface area contributed by atoms with Crippen molar-refractivity contribution in [2.45, 2.75) is 13.3 Å². The molecule has 0 aromatic heterocycles. The third-order valence-corrected chi connectivity index (χ3v) is 4.27. The van der Waals surface area contributed by atoms with Crippen LogP contribution in [-0.2, 0) is 6.42 Å². The number of para-hydroxylation sites is 2. The van der Waals surface area contributed by atoms with Crippen molar-refractivity contribution in [2.24, 2.45) is 0 Å². The molecule has 0 unspecified atom stereocenters. The zero-order valence-corrected chi connectivity index (χ0v) is 15.2. The van der Waals surface area contributed by atoms with Crippen molar-refractivity contribution in [1.82, 2.24) is 0 Å². The Balaban J connectivity index is 1.85. The van der Waals surface area contributed by atoms with Crippen LogP contribution in [-0.4, -0.2) is 16.6 Å². The van der Waals surface area contributed by atoms with E-state index in [0.29, 0.717) is 11.3 Å². The Kier molecular flexibility index (Phi) is 5.60. The number of nitrogens with zero attached hydrogens (tertiary/aromatic N) is 1. The highest BCUT2D eigenvalue weighted by Crippen LogP contribution is 2.22. The lowest BCUT2D eigenvalue weighted by Crippen LogP contribution is -2.16. The summed E-state index contributed by atoms with van der Waals surface area (Å²) in [5.74, 6) is -0.785. The summed E-state index contributed by atoms with van der Waals surface area (Å²) < 4.78 is 0. The van der Waals surface area contributed by atoms with Crippen molar-refractivity contribution in [3.05, 3.63) is 105 Å². The van der Waals surface area contributed by atoms with Gasteiger partial charge in [-0.15, -0.1) is 0 Å². The third-order valence-electron chi connectivity index (χ3n) is 4.27. The van der Waals surface area contributed by atoms with Crippen LogP contribution in [0, 0.1) is 17.0 Å². The number of hydrogen-bond donors (Lipinski definition) is 1. The van der Waals surface area contributed by atoms with E-state index in [1.54, 1.807) is 30.3 Å². The monoisotopic (exact) mass is 374 g/mol. The average Bonchev–Trinajstić information content (AvgIpc) is 2.68. The molecule has 0 radical (unpaired) electrons. The molecule has 0 saturated carbocycles. The zero-order valence-electron chi connectivity index (χ0n) is 15.2.